The largest absolute Gasteiger partial charge is 0.373 e. The predicted molar refractivity (Wildman–Crippen MR) is 61.4 cm³/mol. The van der Waals surface area contributed by atoms with Crippen molar-refractivity contribution in [1.82, 2.24) is 10.3 Å². The summed E-state index contributed by atoms with van der Waals surface area (Å²) in [6.45, 7) is 2.64. The van der Waals surface area contributed by atoms with Gasteiger partial charge in [-0.05, 0) is 12.5 Å². The quantitative estimate of drug-likeness (QED) is 0.826. The lowest BCUT2D eigenvalue weighted by Gasteiger charge is -2.06. The van der Waals surface area contributed by atoms with Crippen molar-refractivity contribution < 1.29 is 4.79 Å². The molecule has 15 heavy (non-hydrogen) atoms. The van der Waals surface area contributed by atoms with Gasteiger partial charge >= 0.3 is 0 Å². The van der Waals surface area contributed by atoms with Gasteiger partial charge in [0.05, 0.1) is 10.6 Å². The Morgan fingerprint density at radius 3 is 2.93 bits per heavy atom. The molecule has 1 amide bonds. The van der Waals surface area contributed by atoms with E-state index in [0.29, 0.717) is 22.9 Å². The minimum Gasteiger partial charge on any atom is -0.373 e. The second-order valence-corrected chi connectivity index (χ2v) is 3.46. The minimum absolute atomic E-state index is 0.166. The minimum atomic E-state index is -0.166. The molecule has 0 spiro atoms. The van der Waals surface area contributed by atoms with Gasteiger partial charge in [0, 0.05) is 19.8 Å². The van der Waals surface area contributed by atoms with Crippen LogP contribution in [-0.4, -0.2) is 24.5 Å². The van der Waals surface area contributed by atoms with Crippen molar-refractivity contribution in [2.45, 2.75) is 13.3 Å². The molecule has 5 heteroatoms. The molecule has 0 radical (unpaired) electrons. The maximum atomic E-state index is 11.6. The highest BCUT2D eigenvalue weighted by atomic mass is 35.5. The molecule has 1 aromatic heterocycles. The van der Waals surface area contributed by atoms with Gasteiger partial charge in [-0.3, -0.25) is 4.79 Å². The van der Waals surface area contributed by atoms with E-state index in [1.165, 1.54) is 6.20 Å². The summed E-state index contributed by atoms with van der Waals surface area (Å²) in [5.74, 6) is 0.460. The zero-order valence-corrected chi connectivity index (χ0v) is 9.56. The molecule has 82 valence electrons. The first-order valence-electron chi connectivity index (χ1n) is 4.80. The Kier molecular flexibility index (Phi) is 4.37. The summed E-state index contributed by atoms with van der Waals surface area (Å²) in [6, 6.07) is 1.63. The number of pyridine rings is 1. The second-order valence-electron chi connectivity index (χ2n) is 3.06. The van der Waals surface area contributed by atoms with Crippen LogP contribution in [0.4, 0.5) is 5.82 Å². The van der Waals surface area contributed by atoms with Gasteiger partial charge in [0.2, 0.25) is 0 Å². The van der Waals surface area contributed by atoms with Crippen LogP contribution < -0.4 is 10.6 Å². The molecule has 0 fully saturated rings. The Labute approximate surface area is 94.0 Å². The molecular weight excluding hydrogens is 214 g/mol. The van der Waals surface area contributed by atoms with Gasteiger partial charge in [0.1, 0.15) is 5.82 Å². The Balaban J connectivity index is 2.86. The fourth-order valence-corrected chi connectivity index (χ4v) is 1.27. The standard InChI is InChI=1S/C10H14ClN3O/c1-3-4-13-10(15)7-5-9(12-2)14-6-8(7)11/h5-6H,3-4H2,1-2H3,(H,12,14)(H,13,15). The highest BCUT2D eigenvalue weighted by Gasteiger charge is 2.10. The van der Waals surface area contributed by atoms with Gasteiger partial charge in [-0.2, -0.15) is 0 Å². The molecule has 0 bridgehead atoms. The van der Waals surface area contributed by atoms with Gasteiger partial charge < -0.3 is 10.6 Å². The molecule has 4 nitrogen and oxygen atoms in total. The lowest BCUT2D eigenvalue weighted by atomic mass is 10.2. The van der Waals surface area contributed by atoms with Gasteiger partial charge in [-0.25, -0.2) is 4.98 Å². The van der Waals surface area contributed by atoms with Crippen LogP contribution in [0.2, 0.25) is 5.02 Å². The van der Waals surface area contributed by atoms with Crippen LogP contribution in [0.1, 0.15) is 23.7 Å². The van der Waals surface area contributed by atoms with Crippen LogP contribution in [-0.2, 0) is 0 Å². The molecule has 0 saturated carbocycles. The van der Waals surface area contributed by atoms with Crippen molar-refractivity contribution in [1.29, 1.82) is 0 Å². The topological polar surface area (TPSA) is 54.0 Å². The molecule has 1 heterocycles. The molecule has 0 aromatic carbocycles. The number of anilines is 1. The summed E-state index contributed by atoms with van der Waals surface area (Å²) >= 11 is 5.88. The fourth-order valence-electron chi connectivity index (χ4n) is 1.08. The SMILES string of the molecule is CCCNC(=O)c1cc(NC)ncc1Cl. The number of carbonyl (C=O) groups excluding carboxylic acids is 1. The first-order valence-corrected chi connectivity index (χ1v) is 5.18. The third kappa shape index (κ3) is 3.09. The Hall–Kier alpha value is -1.29. The zero-order chi connectivity index (χ0) is 11.3. The summed E-state index contributed by atoms with van der Waals surface area (Å²) in [7, 11) is 1.74. The van der Waals surface area contributed by atoms with E-state index in [2.05, 4.69) is 15.6 Å². The van der Waals surface area contributed by atoms with Crippen molar-refractivity contribution in [3.63, 3.8) is 0 Å². The van der Waals surface area contributed by atoms with Gasteiger partial charge in [-0.15, -0.1) is 0 Å². The average Bonchev–Trinajstić information content (AvgIpc) is 2.26. The molecule has 0 unspecified atom stereocenters. The summed E-state index contributed by atoms with van der Waals surface area (Å²) in [6.07, 6.45) is 2.36. The molecule has 2 N–H and O–H groups in total. The number of amides is 1. The van der Waals surface area contributed by atoms with E-state index in [4.69, 9.17) is 11.6 Å². The number of nitrogens with one attached hydrogen (secondary N) is 2. The smallest absolute Gasteiger partial charge is 0.252 e. The van der Waals surface area contributed by atoms with Crippen LogP contribution in [0.25, 0.3) is 0 Å². The zero-order valence-electron chi connectivity index (χ0n) is 8.80. The van der Waals surface area contributed by atoms with Crippen LogP contribution >= 0.6 is 11.6 Å². The van der Waals surface area contributed by atoms with Gasteiger partial charge in [0.25, 0.3) is 5.91 Å². The first-order chi connectivity index (χ1) is 7.19. The normalized spacial score (nSPS) is 9.80. The van der Waals surface area contributed by atoms with Crippen LogP contribution in [0.15, 0.2) is 12.3 Å². The average molecular weight is 228 g/mol. The Morgan fingerprint density at radius 1 is 1.60 bits per heavy atom. The summed E-state index contributed by atoms with van der Waals surface area (Å²) < 4.78 is 0. The number of rotatable bonds is 4. The van der Waals surface area contributed by atoms with Gasteiger partial charge in [-0.1, -0.05) is 18.5 Å². The van der Waals surface area contributed by atoms with E-state index in [1.807, 2.05) is 6.92 Å². The number of carbonyl (C=O) groups is 1. The molecule has 0 aliphatic carbocycles. The van der Waals surface area contributed by atoms with Crippen molar-refractivity contribution in [3.05, 3.63) is 22.8 Å². The van der Waals surface area contributed by atoms with Crippen molar-refractivity contribution in [3.8, 4) is 0 Å². The molecule has 0 aliphatic heterocycles. The Bertz CT molecular complexity index is 355. The summed E-state index contributed by atoms with van der Waals surface area (Å²) in [4.78, 5) is 15.6. The van der Waals surface area contributed by atoms with E-state index in [-0.39, 0.29) is 5.91 Å². The molecule has 0 saturated heterocycles. The molecular formula is C10H14ClN3O. The maximum Gasteiger partial charge on any atom is 0.252 e. The van der Waals surface area contributed by atoms with E-state index in [1.54, 1.807) is 13.1 Å². The molecule has 0 atom stereocenters. The van der Waals surface area contributed by atoms with Crippen molar-refractivity contribution in [2.24, 2.45) is 0 Å². The molecule has 1 aromatic rings. The van der Waals surface area contributed by atoms with Crippen molar-refractivity contribution in [2.75, 3.05) is 18.9 Å². The maximum absolute atomic E-state index is 11.6. The van der Waals surface area contributed by atoms with E-state index in [9.17, 15) is 4.79 Å². The first kappa shape index (κ1) is 11.8. The Morgan fingerprint density at radius 2 is 2.33 bits per heavy atom. The fraction of sp³-hybridized carbons (Fsp3) is 0.400. The predicted octanol–water partition coefficient (Wildman–Crippen LogP) is 1.92. The van der Waals surface area contributed by atoms with E-state index in [0.717, 1.165) is 6.42 Å². The van der Waals surface area contributed by atoms with Crippen LogP contribution in [0.3, 0.4) is 0 Å². The van der Waals surface area contributed by atoms with Crippen molar-refractivity contribution >= 4 is 23.3 Å². The number of nitrogens with zero attached hydrogens (tertiary/aromatic N) is 1. The van der Waals surface area contributed by atoms with E-state index < -0.39 is 0 Å². The van der Waals surface area contributed by atoms with Crippen LogP contribution in [0, 0.1) is 0 Å². The third-order valence-electron chi connectivity index (χ3n) is 1.89. The lowest BCUT2D eigenvalue weighted by molar-refractivity contribution is 0.0954. The second kappa shape index (κ2) is 5.56. The molecule has 0 aliphatic rings. The molecule has 1 rings (SSSR count). The summed E-state index contributed by atoms with van der Waals surface area (Å²) in [5, 5.41) is 5.98. The monoisotopic (exact) mass is 227 g/mol. The number of halogens is 1. The highest BCUT2D eigenvalue weighted by Crippen LogP contribution is 2.17. The number of hydrogen-bond donors (Lipinski definition) is 2. The van der Waals surface area contributed by atoms with E-state index >= 15 is 0 Å². The van der Waals surface area contributed by atoms with Crippen LogP contribution in [0.5, 0.6) is 0 Å². The third-order valence-corrected chi connectivity index (χ3v) is 2.19. The van der Waals surface area contributed by atoms with Gasteiger partial charge in [0.15, 0.2) is 0 Å². The summed E-state index contributed by atoms with van der Waals surface area (Å²) in [5.41, 5.74) is 0.449. The highest BCUT2D eigenvalue weighted by molar-refractivity contribution is 6.33. The number of aromatic nitrogens is 1. The number of hydrogen-bond acceptors (Lipinski definition) is 3. The lowest BCUT2D eigenvalue weighted by Crippen LogP contribution is -2.24.